The lowest BCUT2D eigenvalue weighted by atomic mass is 9.88. The second-order valence-corrected chi connectivity index (χ2v) is 3.81. The van der Waals surface area contributed by atoms with Crippen LogP contribution in [0.3, 0.4) is 0 Å². The summed E-state index contributed by atoms with van der Waals surface area (Å²) in [5.74, 6) is 1.67. The first-order valence-electron chi connectivity index (χ1n) is 4.52. The van der Waals surface area contributed by atoms with Crippen molar-refractivity contribution in [3.05, 3.63) is 0 Å². The highest BCUT2D eigenvalue weighted by Crippen LogP contribution is 2.22. The van der Waals surface area contributed by atoms with Gasteiger partial charge >= 0.3 is 0 Å². The second kappa shape index (κ2) is 4.05. The molecule has 2 heteroatoms. The molecule has 0 aromatic heterocycles. The van der Waals surface area contributed by atoms with E-state index in [9.17, 15) is 4.39 Å². The number of rotatable bonds is 4. The fourth-order valence-electron chi connectivity index (χ4n) is 1.50. The molecule has 1 fully saturated rings. The van der Waals surface area contributed by atoms with Crippen molar-refractivity contribution in [1.82, 2.24) is 4.90 Å². The Morgan fingerprint density at radius 3 is 2.55 bits per heavy atom. The van der Waals surface area contributed by atoms with E-state index in [1.807, 2.05) is 0 Å². The van der Waals surface area contributed by atoms with Crippen LogP contribution >= 0.6 is 0 Å². The average Bonchev–Trinajstić information content (AvgIpc) is 1.84. The topological polar surface area (TPSA) is 3.24 Å². The Kier molecular flexibility index (Phi) is 3.31. The summed E-state index contributed by atoms with van der Waals surface area (Å²) < 4.78 is 11.7. The van der Waals surface area contributed by atoms with Crippen molar-refractivity contribution in [2.24, 2.45) is 11.8 Å². The molecule has 1 saturated heterocycles. The van der Waals surface area contributed by atoms with E-state index in [1.165, 1.54) is 13.1 Å². The Morgan fingerprint density at radius 2 is 2.09 bits per heavy atom. The Balaban J connectivity index is 2.00. The highest BCUT2D eigenvalue weighted by molar-refractivity contribution is 4.81. The second-order valence-electron chi connectivity index (χ2n) is 3.81. The lowest BCUT2D eigenvalue weighted by Crippen LogP contribution is -2.49. The summed E-state index contributed by atoms with van der Waals surface area (Å²) in [6, 6.07) is 0. The van der Waals surface area contributed by atoms with E-state index in [0.717, 1.165) is 18.4 Å². The van der Waals surface area contributed by atoms with Crippen molar-refractivity contribution < 1.29 is 4.39 Å². The maximum Gasteiger partial charge on any atom is 0.0906 e. The van der Waals surface area contributed by atoms with Crippen LogP contribution in [0.5, 0.6) is 0 Å². The third-order valence-electron chi connectivity index (χ3n) is 2.54. The van der Waals surface area contributed by atoms with Crippen LogP contribution in [0.2, 0.25) is 0 Å². The first-order chi connectivity index (χ1) is 5.24. The van der Waals surface area contributed by atoms with Gasteiger partial charge in [-0.15, -0.1) is 0 Å². The first-order valence-corrected chi connectivity index (χ1v) is 4.52. The number of alkyl halides is 1. The standard InChI is InChI=1S/C9H18FN/c1-8(2)9-6-11(7-9)5-3-4-10/h8-9H,3-7H2,1-2H3. The number of hydrogen-bond acceptors (Lipinski definition) is 1. The van der Waals surface area contributed by atoms with E-state index in [1.54, 1.807) is 0 Å². The lowest BCUT2D eigenvalue weighted by molar-refractivity contribution is 0.0659. The average molecular weight is 159 g/mol. The number of halogens is 1. The molecule has 1 heterocycles. The van der Waals surface area contributed by atoms with E-state index in [0.29, 0.717) is 6.42 Å². The van der Waals surface area contributed by atoms with E-state index in [2.05, 4.69) is 18.7 Å². The minimum absolute atomic E-state index is 0.164. The summed E-state index contributed by atoms with van der Waals surface area (Å²) in [5, 5.41) is 0. The molecule has 0 unspecified atom stereocenters. The molecule has 0 radical (unpaired) electrons. The molecule has 0 aromatic carbocycles. The predicted molar refractivity (Wildman–Crippen MR) is 45.4 cm³/mol. The van der Waals surface area contributed by atoms with Gasteiger partial charge in [0.2, 0.25) is 0 Å². The quantitative estimate of drug-likeness (QED) is 0.606. The smallest absolute Gasteiger partial charge is 0.0906 e. The van der Waals surface area contributed by atoms with Gasteiger partial charge in [-0.3, -0.25) is 4.39 Å². The molecule has 0 N–H and O–H groups in total. The maximum absolute atomic E-state index is 11.7. The van der Waals surface area contributed by atoms with Crippen molar-refractivity contribution >= 4 is 0 Å². The molecule has 0 amide bonds. The number of likely N-dealkylation sites (tertiary alicyclic amines) is 1. The molecule has 0 aromatic rings. The van der Waals surface area contributed by atoms with Gasteiger partial charge in [-0.25, -0.2) is 0 Å². The molecule has 11 heavy (non-hydrogen) atoms. The Bertz CT molecular complexity index is 108. The van der Waals surface area contributed by atoms with E-state index < -0.39 is 0 Å². The molecular formula is C9H18FN. The molecule has 0 saturated carbocycles. The molecular weight excluding hydrogens is 141 g/mol. The normalized spacial score (nSPS) is 20.7. The van der Waals surface area contributed by atoms with Gasteiger partial charge in [-0.1, -0.05) is 13.8 Å². The van der Waals surface area contributed by atoms with Crippen LogP contribution in [0.25, 0.3) is 0 Å². The predicted octanol–water partition coefficient (Wildman–Crippen LogP) is 1.93. The van der Waals surface area contributed by atoms with Gasteiger partial charge in [0, 0.05) is 19.6 Å². The lowest BCUT2D eigenvalue weighted by Gasteiger charge is -2.41. The summed E-state index contributed by atoms with van der Waals surface area (Å²) in [6.45, 7) is 7.70. The molecule has 0 aliphatic carbocycles. The van der Waals surface area contributed by atoms with Crippen molar-refractivity contribution in [1.29, 1.82) is 0 Å². The molecule has 1 aliphatic rings. The van der Waals surface area contributed by atoms with Crippen molar-refractivity contribution in [2.75, 3.05) is 26.3 Å². The van der Waals surface area contributed by atoms with Gasteiger partial charge in [-0.05, 0) is 18.3 Å². The number of hydrogen-bond donors (Lipinski definition) is 0. The summed E-state index contributed by atoms with van der Waals surface area (Å²) in [7, 11) is 0. The van der Waals surface area contributed by atoms with Crippen LogP contribution < -0.4 is 0 Å². The minimum atomic E-state index is -0.164. The third kappa shape index (κ3) is 2.44. The van der Waals surface area contributed by atoms with Gasteiger partial charge in [-0.2, -0.15) is 0 Å². The zero-order chi connectivity index (χ0) is 8.27. The van der Waals surface area contributed by atoms with E-state index >= 15 is 0 Å². The molecule has 1 nitrogen and oxygen atoms in total. The summed E-state index contributed by atoms with van der Waals surface area (Å²) >= 11 is 0. The first kappa shape index (κ1) is 8.98. The molecule has 0 atom stereocenters. The van der Waals surface area contributed by atoms with Crippen LogP contribution in [0, 0.1) is 11.8 Å². The van der Waals surface area contributed by atoms with Crippen LogP contribution in [0.15, 0.2) is 0 Å². The fourth-order valence-corrected chi connectivity index (χ4v) is 1.50. The Labute approximate surface area is 68.6 Å². The fraction of sp³-hybridized carbons (Fsp3) is 1.00. The summed E-state index contributed by atoms with van der Waals surface area (Å²) in [5.41, 5.74) is 0. The Hall–Kier alpha value is -0.110. The minimum Gasteiger partial charge on any atom is -0.303 e. The van der Waals surface area contributed by atoms with Crippen LogP contribution in [0.1, 0.15) is 20.3 Å². The van der Waals surface area contributed by atoms with Crippen molar-refractivity contribution in [3.8, 4) is 0 Å². The van der Waals surface area contributed by atoms with Gasteiger partial charge < -0.3 is 4.90 Å². The zero-order valence-corrected chi connectivity index (χ0v) is 7.52. The molecule has 0 bridgehead atoms. The Morgan fingerprint density at radius 1 is 1.45 bits per heavy atom. The maximum atomic E-state index is 11.7. The van der Waals surface area contributed by atoms with Crippen LogP contribution in [-0.4, -0.2) is 31.2 Å². The van der Waals surface area contributed by atoms with Crippen molar-refractivity contribution in [2.45, 2.75) is 20.3 Å². The van der Waals surface area contributed by atoms with E-state index in [-0.39, 0.29) is 6.67 Å². The largest absolute Gasteiger partial charge is 0.303 e. The molecule has 1 rings (SSSR count). The third-order valence-corrected chi connectivity index (χ3v) is 2.54. The van der Waals surface area contributed by atoms with Gasteiger partial charge in [0.15, 0.2) is 0 Å². The molecule has 0 spiro atoms. The highest BCUT2D eigenvalue weighted by atomic mass is 19.1. The van der Waals surface area contributed by atoms with E-state index in [4.69, 9.17) is 0 Å². The molecule has 66 valence electrons. The summed E-state index contributed by atoms with van der Waals surface area (Å²) in [6.07, 6.45) is 0.713. The number of nitrogens with zero attached hydrogens (tertiary/aromatic N) is 1. The van der Waals surface area contributed by atoms with Crippen LogP contribution in [-0.2, 0) is 0 Å². The van der Waals surface area contributed by atoms with Gasteiger partial charge in [0.1, 0.15) is 0 Å². The highest BCUT2D eigenvalue weighted by Gasteiger charge is 2.27. The summed E-state index contributed by atoms with van der Waals surface area (Å²) in [4.78, 5) is 2.34. The van der Waals surface area contributed by atoms with Gasteiger partial charge in [0.25, 0.3) is 0 Å². The molecule has 1 aliphatic heterocycles. The van der Waals surface area contributed by atoms with Crippen molar-refractivity contribution in [3.63, 3.8) is 0 Å². The SMILES string of the molecule is CC(C)C1CN(CCCF)C1. The van der Waals surface area contributed by atoms with Crippen LogP contribution in [0.4, 0.5) is 4.39 Å². The zero-order valence-electron chi connectivity index (χ0n) is 7.52. The van der Waals surface area contributed by atoms with Gasteiger partial charge in [0.05, 0.1) is 6.67 Å². The monoisotopic (exact) mass is 159 g/mol.